The first-order valence-electron chi connectivity index (χ1n) is 11.2. The number of ether oxygens (including phenoxy) is 4. The summed E-state index contributed by atoms with van der Waals surface area (Å²) in [6.07, 6.45) is 1.56. The van der Waals surface area contributed by atoms with Gasteiger partial charge in [-0.15, -0.1) is 0 Å². The highest BCUT2D eigenvalue weighted by molar-refractivity contribution is 14.1. The molecule has 7 nitrogen and oxygen atoms in total. The number of nitrogens with zero attached hydrogens (tertiary/aromatic N) is 1. The normalized spacial score (nSPS) is 10.8. The largest absolute Gasteiger partial charge is 0.493 e. The lowest BCUT2D eigenvalue weighted by atomic mass is 10.2. The minimum absolute atomic E-state index is 0.357. The number of aryl methyl sites for hydroxylation is 1. The minimum atomic E-state index is -0.357. The van der Waals surface area contributed by atoms with Gasteiger partial charge in [0.15, 0.2) is 23.0 Å². The van der Waals surface area contributed by atoms with E-state index >= 15 is 0 Å². The van der Waals surface area contributed by atoms with Crippen molar-refractivity contribution in [2.75, 3.05) is 20.3 Å². The Labute approximate surface area is 219 Å². The van der Waals surface area contributed by atoms with E-state index in [2.05, 4.69) is 52.2 Å². The molecule has 1 N–H and O–H groups in total. The molecule has 8 heteroatoms. The molecule has 0 saturated carbocycles. The van der Waals surface area contributed by atoms with Gasteiger partial charge in [0.2, 0.25) is 0 Å². The summed E-state index contributed by atoms with van der Waals surface area (Å²) in [6.45, 7) is 7.23. The van der Waals surface area contributed by atoms with E-state index in [9.17, 15) is 4.79 Å². The topological polar surface area (TPSA) is 78.4 Å². The maximum Gasteiger partial charge on any atom is 0.271 e. The van der Waals surface area contributed by atoms with E-state index in [0.717, 1.165) is 14.7 Å². The van der Waals surface area contributed by atoms with E-state index < -0.39 is 0 Å². The van der Waals surface area contributed by atoms with Crippen molar-refractivity contribution in [1.29, 1.82) is 0 Å². The van der Waals surface area contributed by atoms with Gasteiger partial charge in [-0.05, 0) is 84.8 Å². The van der Waals surface area contributed by atoms with Crippen LogP contribution in [-0.4, -0.2) is 32.4 Å². The molecule has 35 heavy (non-hydrogen) atoms. The Hall–Kier alpha value is -3.27. The fourth-order valence-electron chi connectivity index (χ4n) is 3.22. The third kappa shape index (κ3) is 7.35. The molecule has 0 bridgehead atoms. The molecule has 0 unspecified atom stereocenters. The number of hydrogen-bond acceptors (Lipinski definition) is 6. The van der Waals surface area contributed by atoms with Crippen molar-refractivity contribution in [1.82, 2.24) is 5.43 Å². The summed E-state index contributed by atoms with van der Waals surface area (Å²) < 4.78 is 23.6. The van der Waals surface area contributed by atoms with Gasteiger partial charge in [0.05, 0.1) is 30.1 Å². The molecular weight excluding hydrogens is 559 g/mol. The van der Waals surface area contributed by atoms with Gasteiger partial charge in [-0.3, -0.25) is 4.79 Å². The Morgan fingerprint density at radius 1 is 0.943 bits per heavy atom. The lowest BCUT2D eigenvalue weighted by Crippen LogP contribution is -2.17. The van der Waals surface area contributed by atoms with Crippen molar-refractivity contribution < 1.29 is 23.7 Å². The monoisotopic (exact) mass is 588 g/mol. The summed E-state index contributed by atoms with van der Waals surface area (Å²) in [6, 6.07) is 16.9. The van der Waals surface area contributed by atoms with Crippen LogP contribution in [0.2, 0.25) is 0 Å². The highest BCUT2D eigenvalue weighted by atomic mass is 127. The molecule has 0 saturated heterocycles. The Morgan fingerprint density at radius 2 is 1.66 bits per heavy atom. The molecule has 184 valence electrons. The molecule has 3 aromatic carbocycles. The standard InChI is InChI=1S/C27H29IN2O5/c1-5-33-23-12-11-21(15-24(23)34-6-2)27(31)30-29-16-20-13-22(28)26(25(14-20)32-4)35-17-19-9-7-18(3)8-10-19/h7-16H,5-6,17H2,1-4H3,(H,30,31)/b29-16+. The van der Waals surface area contributed by atoms with Crippen LogP contribution in [0, 0.1) is 10.5 Å². The predicted octanol–water partition coefficient (Wildman–Crippen LogP) is 5.75. The lowest BCUT2D eigenvalue weighted by Gasteiger charge is -2.14. The van der Waals surface area contributed by atoms with Gasteiger partial charge in [-0.2, -0.15) is 5.10 Å². The number of benzene rings is 3. The Bertz CT molecular complexity index is 1180. The maximum atomic E-state index is 12.6. The summed E-state index contributed by atoms with van der Waals surface area (Å²) in [5.74, 6) is 2.01. The van der Waals surface area contributed by atoms with Gasteiger partial charge in [-0.25, -0.2) is 5.43 Å². The third-order valence-electron chi connectivity index (χ3n) is 4.94. The van der Waals surface area contributed by atoms with Crippen molar-refractivity contribution in [2.24, 2.45) is 5.10 Å². The Kier molecular flexibility index (Phi) is 9.77. The quantitative estimate of drug-likeness (QED) is 0.176. The van der Waals surface area contributed by atoms with Crippen LogP contribution in [0.1, 0.15) is 40.9 Å². The summed E-state index contributed by atoms with van der Waals surface area (Å²) in [5.41, 5.74) is 6.00. The number of halogens is 1. The van der Waals surface area contributed by atoms with Gasteiger partial charge in [-0.1, -0.05) is 29.8 Å². The molecule has 1 amide bonds. The van der Waals surface area contributed by atoms with Crippen LogP contribution in [0.25, 0.3) is 0 Å². The first kappa shape index (κ1) is 26.3. The molecule has 0 aliphatic carbocycles. The molecule has 3 aromatic rings. The molecule has 0 heterocycles. The number of carbonyl (C=O) groups excluding carboxylic acids is 1. The Balaban J connectivity index is 1.68. The zero-order valence-corrected chi connectivity index (χ0v) is 22.4. The minimum Gasteiger partial charge on any atom is -0.493 e. The van der Waals surface area contributed by atoms with Gasteiger partial charge >= 0.3 is 0 Å². The molecule has 0 aliphatic rings. The van der Waals surface area contributed by atoms with Crippen LogP contribution in [0.3, 0.4) is 0 Å². The van der Waals surface area contributed by atoms with E-state index in [-0.39, 0.29) is 5.91 Å². The summed E-state index contributed by atoms with van der Waals surface area (Å²) >= 11 is 2.20. The van der Waals surface area contributed by atoms with Crippen LogP contribution in [0.5, 0.6) is 23.0 Å². The van der Waals surface area contributed by atoms with Crippen LogP contribution >= 0.6 is 22.6 Å². The molecule has 3 rings (SSSR count). The number of hydrogen-bond donors (Lipinski definition) is 1. The second kappa shape index (κ2) is 13.0. The van der Waals surface area contributed by atoms with Gasteiger partial charge < -0.3 is 18.9 Å². The zero-order valence-electron chi connectivity index (χ0n) is 20.3. The van der Waals surface area contributed by atoms with E-state index in [1.807, 2.05) is 38.1 Å². The second-order valence-electron chi connectivity index (χ2n) is 7.54. The number of amides is 1. The average molecular weight is 588 g/mol. The van der Waals surface area contributed by atoms with Crippen LogP contribution in [-0.2, 0) is 6.61 Å². The second-order valence-corrected chi connectivity index (χ2v) is 8.70. The highest BCUT2D eigenvalue weighted by Crippen LogP contribution is 2.34. The van der Waals surface area contributed by atoms with Crippen molar-refractivity contribution in [2.45, 2.75) is 27.4 Å². The maximum absolute atomic E-state index is 12.6. The van der Waals surface area contributed by atoms with Crippen molar-refractivity contribution in [3.63, 3.8) is 0 Å². The third-order valence-corrected chi connectivity index (χ3v) is 5.74. The first-order chi connectivity index (χ1) is 16.9. The number of nitrogens with one attached hydrogen (secondary N) is 1. The molecule has 0 radical (unpaired) electrons. The fourth-order valence-corrected chi connectivity index (χ4v) is 4.00. The highest BCUT2D eigenvalue weighted by Gasteiger charge is 2.13. The van der Waals surface area contributed by atoms with Gasteiger partial charge in [0.25, 0.3) is 5.91 Å². The van der Waals surface area contributed by atoms with Crippen molar-refractivity contribution in [3.05, 3.63) is 80.4 Å². The molecule has 0 aliphatic heterocycles. The van der Waals surface area contributed by atoms with Crippen molar-refractivity contribution in [3.8, 4) is 23.0 Å². The zero-order chi connectivity index (χ0) is 25.2. The van der Waals surface area contributed by atoms with Crippen LogP contribution < -0.4 is 24.4 Å². The average Bonchev–Trinajstić information content (AvgIpc) is 2.85. The van der Waals surface area contributed by atoms with E-state index in [4.69, 9.17) is 18.9 Å². The Morgan fingerprint density at radius 3 is 2.34 bits per heavy atom. The molecule has 0 spiro atoms. The predicted molar refractivity (Wildman–Crippen MR) is 145 cm³/mol. The van der Waals surface area contributed by atoms with E-state index in [1.165, 1.54) is 5.56 Å². The van der Waals surface area contributed by atoms with Gasteiger partial charge in [0.1, 0.15) is 6.61 Å². The fraction of sp³-hybridized carbons (Fsp3) is 0.259. The van der Waals surface area contributed by atoms with E-state index in [0.29, 0.717) is 48.4 Å². The van der Waals surface area contributed by atoms with Crippen LogP contribution in [0.4, 0.5) is 0 Å². The molecular formula is C27H29IN2O5. The van der Waals surface area contributed by atoms with Crippen molar-refractivity contribution >= 4 is 34.7 Å². The summed E-state index contributed by atoms with van der Waals surface area (Å²) in [5, 5.41) is 4.10. The molecule has 0 atom stereocenters. The van der Waals surface area contributed by atoms with Gasteiger partial charge in [0, 0.05) is 5.56 Å². The number of rotatable bonds is 11. The summed E-state index contributed by atoms with van der Waals surface area (Å²) in [7, 11) is 1.59. The number of carbonyl (C=O) groups is 1. The molecule has 0 fully saturated rings. The SMILES string of the molecule is CCOc1ccc(C(=O)N/N=C/c2cc(I)c(OCc3ccc(C)cc3)c(OC)c2)cc1OCC. The first-order valence-corrected chi connectivity index (χ1v) is 12.3. The smallest absolute Gasteiger partial charge is 0.271 e. The molecule has 0 aromatic heterocycles. The van der Waals surface area contributed by atoms with Crippen LogP contribution in [0.15, 0.2) is 59.7 Å². The number of methoxy groups -OCH3 is 1. The lowest BCUT2D eigenvalue weighted by molar-refractivity contribution is 0.0954. The summed E-state index contributed by atoms with van der Waals surface area (Å²) in [4.78, 5) is 12.6. The van der Waals surface area contributed by atoms with E-state index in [1.54, 1.807) is 31.5 Å². The number of hydrazone groups is 1.